The number of alkyl halides is 4. The Morgan fingerprint density at radius 3 is 2.42 bits per heavy atom. The van der Waals surface area contributed by atoms with Gasteiger partial charge in [-0.3, -0.25) is 4.40 Å². The second-order valence-electron chi connectivity index (χ2n) is 10.6. The lowest BCUT2D eigenvalue weighted by Crippen LogP contribution is -2.62. The molecule has 1 aliphatic rings. The monoisotopic (exact) mass is 541 g/mol. The van der Waals surface area contributed by atoms with Gasteiger partial charge in [0.1, 0.15) is 11.8 Å². The van der Waals surface area contributed by atoms with Crippen LogP contribution in [0, 0.1) is 11.2 Å². The van der Waals surface area contributed by atoms with Gasteiger partial charge in [-0.25, -0.2) is 23.5 Å². The second kappa shape index (κ2) is 9.37. The predicted octanol–water partition coefficient (Wildman–Crippen LogP) is 5.22. The largest absolute Gasteiger partial charge is 0.465 e. The molecule has 1 fully saturated rings. The Bertz CT molecular complexity index is 1350. The van der Waals surface area contributed by atoms with Crippen LogP contribution in [0.25, 0.3) is 17.0 Å². The fourth-order valence-electron chi connectivity index (χ4n) is 4.83. The van der Waals surface area contributed by atoms with Gasteiger partial charge in [0.2, 0.25) is 0 Å². The first-order chi connectivity index (χ1) is 17.5. The highest BCUT2D eigenvalue weighted by Gasteiger charge is 2.51. The highest BCUT2D eigenvalue weighted by atomic mass is 19.4. The van der Waals surface area contributed by atoms with Crippen molar-refractivity contribution in [2.45, 2.75) is 64.1 Å². The first-order valence-electron chi connectivity index (χ1n) is 11.9. The summed E-state index contributed by atoms with van der Waals surface area (Å²) in [7, 11) is 0. The number of nitrogens with one attached hydrogen (secondary N) is 1. The Balaban J connectivity index is 1.75. The Hall–Kier alpha value is -3.48. The minimum Gasteiger partial charge on any atom is -0.465 e. The molecule has 8 nitrogen and oxygen atoms in total. The van der Waals surface area contributed by atoms with E-state index in [9.17, 15) is 32.6 Å². The van der Waals surface area contributed by atoms with E-state index in [2.05, 4.69) is 15.3 Å². The van der Waals surface area contributed by atoms with Gasteiger partial charge in [-0.2, -0.15) is 13.2 Å². The fourth-order valence-corrected chi connectivity index (χ4v) is 4.83. The van der Waals surface area contributed by atoms with Gasteiger partial charge in [0.15, 0.2) is 17.2 Å². The SMILES string of the molecule is CC(C)(C)C1[C@H](Nc2nc(-c3cnc4ccc(C(C)(O)C(F)(F)F)cn34)ccc2F)[C@@H](F)CCN1C(=O)O. The summed E-state index contributed by atoms with van der Waals surface area (Å²) in [6, 6.07) is 2.79. The zero-order chi connectivity index (χ0) is 28.2. The van der Waals surface area contributed by atoms with E-state index in [0.29, 0.717) is 6.92 Å². The number of hydrogen-bond donors (Lipinski definition) is 3. The number of anilines is 1. The van der Waals surface area contributed by atoms with Gasteiger partial charge in [-0.15, -0.1) is 0 Å². The summed E-state index contributed by atoms with van der Waals surface area (Å²) in [6.45, 7) is 5.89. The zero-order valence-corrected chi connectivity index (χ0v) is 21.1. The van der Waals surface area contributed by atoms with Crippen LogP contribution >= 0.6 is 0 Å². The highest BCUT2D eigenvalue weighted by molar-refractivity contribution is 5.66. The predicted molar refractivity (Wildman–Crippen MR) is 129 cm³/mol. The summed E-state index contributed by atoms with van der Waals surface area (Å²) < 4.78 is 71.5. The van der Waals surface area contributed by atoms with Crippen molar-refractivity contribution in [2.75, 3.05) is 11.9 Å². The van der Waals surface area contributed by atoms with Crippen LogP contribution in [0.1, 0.15) is 39.7 Å². The first-order valence-corrected chi connectivity index (χ1v) is 11.9. The van der Waals surface area contributed by atoms with Crippen molar-refractivity contribution < 1.29 is 37.0 Å². The van der Waals surface area contributed by atoms with E-state index in [1.807, 2.05) is 0 Å². The van der Waals surface area contributed by atoms with Crippen molar-refractivity contribution in [3.8, 4) is 11.4 Å². The maximum atomic E-state index is 15.2. The molecule has 1 saturated heterocycles. The van der Waals surface area contributed by atoms with Gasteiger partial charge >= 0.3 is 12.3 Å². The average Bonchev–Trinajstić information content (AvgIpc) is 3.23. The lowest BCUT2D eigenvalue weighted by molar-refractivity contribution is -0.259. The van der Waals surface area contributed by atoms with Crippen LogP contribution in [0.2, 0.25) is 0 Å². The van der Waals surface area contributed by atoms with Crippen LogP contribution < -0.4 is 5.32 Å². The molecule has 4 rings (SSSR count). The Morgan fingerprint density at radius 1 is 1.13 bits per heavy atom. The molecule has 13 heteroatoms. The highest BCUT2D eigenvalue weighted by Crippen LogP contribution is 2.39. The molecule has 0 aliphatic carbocycles. The molecule has 0 bridgehead atoms. The number of pyridine rings is 2. The molecule has 3 N–H and O–H groups in total. The Morgan fingerprint density at radius 2 is 1.82 bits per heavy atom. The summed E-state index contributed by atoms with van der Waals surface area (Å²) in [6.07, 6.45) is -5.35. The molecule has 4 heterocycles. The van der Waals surface area contributed by atoms with Crippen molar-refractivity contribution in [1.82, 2.24) is 19.3 Å². The van der Waals surface area contributed by atoms with Crippen molar-refractivity contribution in [2.24, 2.45) is 5.41 Å². The molecule has 3 aromatic heterocycles. The maximum absolute atomic E-state index is 15.2. The molecule has 0 spiro atoms. The molecule has 1 amide bonds. The molecule has 4 atom stereocenters. The minimum atomic E-state index is -4.94. The molecular weight excluding hydrogens is 513 g/mol. The number of carboxylic acid groups (broad SMARTS) is 1. The van der Waals surface area contributed by atoms with Crippen LogP contribution in [0.3, 0.4) is 0 Å². The van der Waals surface area contributed by atoms with Gasteiger partial charge in [0.25, 0.3) is 0 Å². The number of imidazole rings is 1. The van der Waals surface area contributed by atoms with Crippen LogP contribution in [0.15, 0.2) is 36.7 Å². The number of likely N-dealkylation sites (tertiary alicyclic amines) is 1. The van der Waals surface area contributed by atoms with E-state index in [-0.39, 0.29) is 35.8 Å². The number of piperidine rings is 1. The third-order valence-corrected chi connectivity index (χ3v) is 6.88. The summed E-state index contributed by atoms with van der Waals surface area (Å²) in [5.74, 6) is -1.17. The van der Waals surface area contributed by atoms with Gasteiger partial charge in [0, 0.05) is 18.3 Å². The number of halogens is 5. The van der Waals surface area contributed by atoms with Crippen LogP contribution in [0.4, 0.5) is 32.6 Å². The van der Waals surface area contributed by atoms with E-state index in [4.69, 9.17) is 0 Å². The molecule has 0 saturated carbocycles. The molecule has 206 valence electrons. The normalized spacial score (nSPS) is 22.4. The second-order valence-corrected chi connectivity index (χ2v) is 10.6. The lowest BCUT2D eigenvalue weighted by Gasteiger charge is -2.48. The molecule has 0 radical (unpaired) electrons. The van der Waals surface area contributed by atoms with Gasteiger partial charge in [0.05, 0.1) is 29.7 Å². The van der Waals surface area contributed by atoms with E-state index >= 15 is 4.39 Å². The van der Waals surface area contributed by atoms with Crippen molar-refractivity contribution in [1.29, 1.82) is 0 Å². The molecule has 3 aromatic rings. The number of amides is 1. The molecule has 1 aliphatic heterocycles. The number of hydrogen-bond acceptors (Lipinski definition) is 5. The summed E-state index contributed by atoms with van der Waals surface area (Å²) >= 11 is 0. The van der Waals surface area contributed by atoms with Crippen molar-refractivity contribution in [3.63, 3.8) is 0 Å². The van der Waals surface area contributed by atoms with Crippen molar-refractivity contribution in [3.05, 3.63) is 48.0 Å². The van der Waals surface area contributed by atoms with Crippen LogP contribution in [-0.2, 0) is 5.60 Å². The number of aromatic nitrogens is 3. The Kier molecular flexibility index (Phi) is 6.79. The molecule has 38 heavy (non-hydrogen) atoms. The number of aliphatic hydroxyl groups is 1. The van der Waals surface area contributed by atoms with Crippen molar-refractivity contribution >= 4 is 17.6 Å². The van der Waals surface area contributed by atoms with E-state index in [0.717, 1.165) is 23.2 Å². The number of nitrogens with zero attached hydrogens (tertiary/aromatic N) is 4. The zero-order valence-electron chi connectivity index (χ0n) is 21.1. The average molecular weight is 542 g/mol. The molecule has 0 aromatic carbocycles. The van der Waals surface area contributed by atoms with Gasteiger partial charge < -0.3 is 20.4 Å². The van der Waals surface area contributed by atoms with Crippen LogP contribution in [0.5, 0.6) is 0 Å². The lowest BCUT2D eigenvalue weighted by atomic mass is 9.77. The standard InChI is InChI=1S/C25H28F5N5O3/c1-23(2,3)20-19(14(26)9-10-34(20)22(36)37)33-21-15(27)6-7-16(32-21)17-11-31-18-8-5-13(12-35(17)18)24(4,38)25(28,29)30/h5-8,11-12,14,19-20,38H,9-10H2,1-4H3,(H,32,33)(H,36,37)/t14-,19+,20?,24?/m0/s1. The van der Waals surface area contributed by atoms with E-state index in [1.54, 1.807) is 20.8 Å². The minimum absolute atomic E-state index is 0.0155. The molecular formula is C25H28F5N5O3. The number of rotatable bonds is 4. The van der Waals surface area contributed by atoms with Crippen LogP contribution in [-0.4, -0.2) is 66.6 Å². The Labute approximate surface area is 215 Å². The van der Waals surface area contributed by atoms with Gasteiger partial charge in [-0.05, 0) is 37.0 Å². The summed E-state index contributed by atoms with van der Waals surface area (Å²) in [5, 5.41) is 22.6. The maximum Gasteiger partial charge on any atom is 0.421 e. The summed E-state index contributed by atoms with van der Waals surface area (Å²) in [5.41, 5.74) is -3.73. The summed E-state index contributed by atoms with van der Waals surface area (Å²) in [4.78, 5) is 21.4. The van der Waals surface area contributed by atoms with E-state index < -0.39 is 52.9 Å². The number of carbonyl (C=O) groups is 1. The first kappa shape index (κ1) is 27.6. The smallest absolute Gasteiger partial charge is 0.421 e. The fraction of sp³-hybridized carbons (Fsp3) is 0.480. The quantitative estimate of drug-likeness (QED) is 0.392. The third kappa shape index (κ3) is 4.86. The topological polar surface area (TPSA) is 103 Å². The molecule has 2 unspecified atom stereocenters. The van der Waals surface area contributed by atoms with Gasteiger partial charge in [-0.1, -0.05) is 26.8 Å². The third-order valence-electron chi connectivity index (χ3n) is 6.88. The van der Waals surface area contributed by atoms with E-state index in [1.165, 1.54) is 22.7 Å². The number of fused-ring (bicyclic) bond motifs is 1.